The number of aryl methyl sites for hydroxylation is 1. The van der Waals surface area contributed by atoms with Crippen molar-refractivity contribution in [3.63, 3.8) is 0 Å². The van der Waals surface area contributed by atoms with Crippen LogP contribution in [0.2, 0.25) is 0 Å². The van der Waals surface area contributed by atoms with Crippen LogP contribution in [0.15, 0.2) is 36.5 Å². The molecule has 2 amide bonds. The summed E-state index contributed by atoms with van der Waals surface area (Å²) in [7, 11) is 0. The number of nitrogens with one attached hydrogen (secondary N) is 1. The molecule has 1 saturated heterocycles. The zero-order valence-electron chi connectivity index (χ0n) is 16.9. The standard InChI is InChI=1S/C21H28FN5O2/c1-15(2)23-21(29)19-14-26(25-24-19)13-18-11-17(22)12-27(18)20(28)10-6-9-16-7-4-3-5-8-16/h3-5,7-8,14-15,17-18H,6,9-13H2,1-2H3,(H,23,29). The fraction of sp³-hybridized carbons (Fsp3) is 0.524. The van der Waals surface area contributed by atoms with Crippen LogP contribution in [-0.4, -0.2) is 56.5 Å². The van der Waals surface area contributed by atoms with E-state index in [-0.39, 0.29) is 42.6 Å². The van der Waals surface area contributed by atoms with Gasteiger partial charge < -0.3 is 10.2 Å². The van der Waals surface area contributed by atoms with Gasteiger partial charge in [0.1, 0.15) is 6.17 Å². The van der Waals surface area contributed by atoms with E-state index >= 15 is 0 Å². The van der Waals surface area contributed by atoms with Crippen molar-refractivity contribution in [2.75, 3.05) is 6.54 Å². The van der Waals surface area contributed by atoms with E-state index in [2.05, 4.69) is 15.6 Å². The number of carbonyl (C=O) groups excluding carboxylic acids is 2. The fourth-order valence-corrected chi connectivity index (χ4v) is 3.61. The Bertz CT molecular complexity index is 823. The number of benzene rings is 1. The van der Waals surface area contributed by atoms with Gasteiger partial charge in [-0.2, -0.15) is 0 Å². The molecule has 1 aromatic heterocycles. The number of amides is 2. The highest BCUT2D eigenvalue weighted by molar-refractivity contribution is 5.91. The van der Waals surface area contributed by atoms with Crippen molar-refractivity contribution >= 4 is 11.8 Å². The van der Waals surface area contributed by atoms with Crippen molar-refractivity contribution in [2.45, 2.75) is 64.3 Å². The molecule has 29 heavy (non-hydrogen) atoms. The molecule has 2 aromatic rings. The summed E-state index contributed by atoms with van der Waals surface area (Å²) in [6.45, 7) is 4.17. The van der Waals surface area contributed by atoms with Crippen LogP contribution in [0.3, 0.4) is 0 Å². The Kier molecular flexibility index (Phi) is 6.95. The van der Waals surface area contributed by atoms with Crippen molar-refractivity contribution in [2.24, 2.45) is 0 Å². The van der Waals surface area contributed by atoms with Gasteiger partial charge in [0.2, 0.25) is 5.91 Å². The molecule has 1 aliphatic rings. The van der Waals surface area contributed by atoms with Crippen molar-refractivity contribution < 1.29 is 14.0 Å². The number of hydrogen-bond acceptors (Lipinski definition) is 4. The van der Waals surface area contributed by atoms with Crippen molar-refractivity contribution in [3.8, 4) is 0 Å². The Balaban J connectivity index is 1.55. The van der Waals surface area contributed by atoms with Crippen molar-refractivity contribution in [1.82, 2.24) is 25.2 Å². The molecule has 156 valence electrons. The maximum atomic E-state index is 14.0. The molecule has 0 bridgehead atoms. The quantitative estimate of drug-likeness (QED) is 0.737. The molecule has 1 N–H and O–H groups in total. The molecule has 2 atom stereocenters. The molecule has 2 unspecified atom stereocenters. The topological polar surface area (TPSA) is 80.1 Å². The van der Waals surface area contributed by atoms with E-state index in [0.717, 1.165) is 12.8 Å². The molecule has 0 aliphatic carbocycles. The molecule has 8 heteroatoms. The minimum Gasteiger partial charge on any atom is -0.348 e. The number of halogens is 1. The molecule has 2 heterocycles. The van der Waals surface area contributed by atoms with E-state index in [4.69, 9.17) is 0 Å². The van der Waals surface area contributed by atoms with Gasteiger partial charge >= 0.3 is 0 Å². The summed E-state index contributed by atoms with van der Waals surface area (Å²) in [6.07, 6.45) is 2.72. The minimum atomic E-state index is -1.04. The number of rotatable bonds is 8. The van der Waals surface area contributed by atoms with E-state index in [0.29, 0.717) is 13.0 Å². The molecule has 3 rings (SSSR count). The number of alkyl halides is 1. The van der Waals surface area contributed by atoms with Crippen LogP contribution < -0.4 is 5.32 Å². The van der Waals surface area contributed by atoms with Gasteiger partial charge in [0.25, 0.3) is 5.91 Å². The summed E-state index contributed by atoms with van der Waals surface area (Å²) in [4.78, 5) is 26.3. The molecule has 1 fully saturated rings. The SMILES string of the molecule is CC(C)NC(=O)c1cn(CC2CC(F)CN2C(=O)CCCc2ccccc2)nn1. The lowest BCUT2D eigenvalue weighted by atomic mass is 10.1. The second-order valence-corrected chi connectivity index (χ2v) is 7.83. The second kappa shape index (κ2) is 9.62. The predicted octanol–water partition coefficient (Wildman–Crippen LogP) is 2.38. The number of likely N-dealkylation sites (tertiary alicyclic amines) is 1. The summed E-state index contributed by atoms with van der Waals surface area (Å²) in [5.74, 6) is -0.334. The molecular weight excluding hydrogens is 373 g/mol. The van der Waals surface area contributed by atoms with Gasteiger partial charge in [-0.15, -0.1) is 5.10 Å². The first-order valence-corrected chi connectivity index (χ1v) is 10.1. The average Bonchev–Trinajstić information content (AvgIpc) is 3.29. The van der Waals surface area contributed by atoms with Crippen LogP contribution in [0.5, 0.6) is 0 Å². The first-order chi connectivity index (χ1) is 13.9. The molecule has 1 aromatic carbocycles. The Morgan fingerprint density at radius 2 is 2.03 bits per heavy atom. The lowest BCUT2D eigenvalue weighted by Gasteiger charge is -2.24. The lowest BCUT2D eigenvalue weighted by Crippen LogP contribution is -2.38. The summed E-state index contributed by atoms with van der Waals surface area (Å²) in [5.41, 5.74) is 1.41. The first kappa shape index (κ1) is 21.0. The smallest absolute Gasteiger partial charge is 0.273 e. The number of nitrogens with zero attached hydrogens (tertiary/aromatic N) is 4. The largest absolute Gasteiger partial charge is 0.348 e. The predicted molar refractivity (Wildman–Crippen MR) is 107 cm³/mol. The van der Waals surface area contributed by atoms with Crippen LogP contribution in [0.25, 0.3) is 0 Å². The van der Waals surface area contributed by atoms with Crippen LogP contribution in [0.4, 0.5) is 4.39 Å². The normalized spacial score (nSPS) is 19.0. The number of aromatic nitrogens is 3. The summed E-state index contributed by atoms with van der Waals surface area (Å²) in [5, 5.41) is 10.6. The lowest BCUT2D eigenvalue weighted by molar-refractivity contribution is -0.132. The van der Waals surface area contributed by atoms with Crippen molar-refractivity contribution in [1.29, 1.82) is 0 Å². The zero-order valence-corrected chi connectivity index (χ0v) is 16.9. The van der Waals surface area contributed by atoms with Gasteiger partial charge in [0.05, 0.1) is 25.3 Å². The molecule has 0 saturated carbocycles. The maximum absolute atomic E-state index is 14.0. The average molecular weight is 401 g/mol. The third-order valence-electron chi connectivity index (χ3n) is 4.97. The number of carbonyl (C=O) groups is 2. The van der Waals surface area contributed by atoms with Crippen molar-refractivity contribution in [3.05, 3.63) is 47.8 Å². The van der Waals surface area contributed by atoms with Crippen LogP contribution in [0, 0.1) is 0 Å². The van der Waals surface area contributed by atoms with E-state index in [1.807, 2.05) is 44.2 Å². The molecular formula is C21H28FN5O2. The maximum Gasteiger partial charge on any atom is 0.273 e. The van der Waals surface area contributed by atoms with E-state index in [1.165, 1.54) is 10.2 Å². The van der Waals surface area contributed by atoms with Gasteiger partial charge in [0, 0.05) is 18.9 Å². The van der Waals surface area contributed by atoms with Gasteiger partial charge in [-0.1, -0.05) is 35.5 Å². The van der Waals surface area contributed by atoms with Crippen LogP contribution >= 0.6 is 0 Å². The third kappa shape index (κ3) is 5.85. The summed E-state index contributed by atoms with van der Waals surface area (Å²) < 4.78 is 15.6. The Morgan fingerprint density at radius 3 is 2.76 bits per heavy atom. The Hall–Kier alpha value is -2.77. The highest BCUT2D eigenvalue weighted by Crippen LogP contribution is 2.23. The van der Waals surface area contributed by atoms with E-state index < -0.39 is 6.17 Å². The van der Waals surface area contributed by atoms with Crippen LogP contribution in [-0.2, 0) is 17.8 Å². The Morgan fingerprint density at radius 1 is 1.28 bits per heavy atom. The molecule has 0 spiro atoms. The third-order valence-corrected chi connectivity index (χ3v) is 4.97. The zero-order chi connectivity index (χ0) is 20.8. The second-order valence-electron chi connectivity index (χ2n) is 7.83. The summed E-state index contributed by atoms with van der Waals surface area (Å²) in [6, 6.07) is 9.73. The van der Waals surface area contributed by atoms with E-state index in [9.17, 15) is 14.0 Å². The molecule has 1 aliphatic heterocycles. The van der Waals surface area contributed by atoms with Crippen LogP contribution in [0.1, 0.15) is 49.2 Å². The van der Waals surface area contributed by atoms with E-state index in [1.54, 1.807) is 11.1 Å². The molecule has 0 radical (unpaired) electrons. The monoisotopic (exact) mass is 401 g/mol. The highest BCUT2D eigenvalue weighted by atomic mass is 19.1. The minimum absolute atomic E-state index is 0.00113. The summed E-state index contributed by atoms with van der Waals surface area (Å²) >= 11 is 0. The van der Waals surface area contributed by atoms with Gasteiger partial charge in [-0.25, -0.2) is 9.07 Å². The van der Waals surface area contributed by atoms with Gasteiger partial charge in [-0.3, -0.25) is 9.59 Å². The number of hydrogen-bond donors (Lipinski definition) is 1. The fourth-order valence-electron chi connectivity index (χ4n) is 3.61. The van der Waals surface area contributed by atoms with Gasteiger partial charge in [0.15, 0.2) is 5.69 Å². The van der Waals surface area contributed by atoms with Gasteiger partial charge in [-0.05, 0) is 32.3 Å². The Labute approximate surface area is 170 Å². The first-order valence-electron chi connectivity index (χ1n) is 10.1. The molecule has 7 nitrogen and oxygen atoms in total. The highest BCUT2D eigenvalue weighted by Gasteiger charge is 2.35.